The third-order valence-electron chi connectivity index (χ3n) is 5.24. The van der Waals surface area contributed by atoms with Crippen LogP contribution in [-0.2, 0) is 22.9 Å². The van der Waals surface area contributed by atoms with Gasteiger partial charge in [-0.25, -0.2) is 13.2 Å². The first-order valence-corrected chi connectivity index (χ1v) is 11.4. The van der Waals surface area contributed by atoms with Crippen molar-refractivity contribution in [3.8, 4) is 0 Å². The van der Waals surface area contributed by atoms with Crippen molar-refractivity contribution < 1.29 is 23.1 Å². The summed E-state index contributed by atoms with van der Waals surface area (Å²) in [6.45, 7) is 5.92. The van der Waals surface area contributed by atoms with E-state index in [0.717, 1.165) is 11.1 Å². The van der Waals surface area contributed by atoms with Crippen molar-refractivity contribution in [2.75, 3.05) is 5.75 Å². The van der Waals surface area contributed by atoms with Gasteiger partial charge in [0.15, 0.2) is 9.84 Å². The first kappa shape index (κ1) is 21.8. The molecule has 0 aliphatic carbocycles. The minimum atomic E-state index is -3.31. The molecule has 2 N–H and O–H groups in total. The van der Waals surface area contributed by atoms with Gasteiger partial charge in [0.2, 0.25) is 0 Å². The highest BCUT2D eigenvalue weighted by Gasteiger charge is 2.35. The van der Waals surface area contributed by atoms with E-state index in [2.05, 4.69) is 10.3 Å². The Bertz CT molecular complexity index is 1060. The first-order chi connectivity index (χ1) is 14.1. The van der Waals surface area contributed by atoms with E-state index in [9.17, 15) is 23.1 Å². The molecule has 1 aliphatic rings. The average molecular weight is 432 g/mol. The van der Waals surface area contributed by atoms with Crippen molar-refractivity contribution in [3.05, 3.63) is 58.9 Å². The molecule has 0 radical (unpaired) electrons. The first-order valence-electron chi connectivity index (χ1n) is 9.72. The number of rotatable bonds is 6. The summed E-state index contributed by atoms with van der Waals surface area (Å²) >= 11 is 0. The van der Waals surface area contributed by atoms with E-state index < -0.39 is 15.9 Å². The number of carbonyl (C=O) groups excluding carboxylic acids is 1. The molecule has 2 heterocycles. The zero-order valence-corrected chi connectivity index (χ0v) is 17.9. The molecule has 0 bridgehead atoms. The van der Waals surface area contributed by atoms with Gasteiger partial charge in [-0.15, -0.1) is 0 Å². The van der Waals surface area contributed by atoms with Crippen LogP contribution in [0.1, 0.15) is 54.0 Å². The second kappa shape index (κ2) is 8.43. The number of amides is 2. The molecular weight excluding hydrogens is 406 g/mol. The van der Waals surface area contributed by atoms with Gasteiger partial charge in [0.25, 0.3) is 5.91 Å². The second-order valence-electron chi connectivity index (χ2n) is 7.58. The maximum atomic E-state index is 12.6. The summed E-state index contributed by atoms with van der Waals surface area (Å²) in [4.78, 5) is 29.8. The largest absolute Gasteiger partial charge is 0.465 e. The number of nitrogens with zero attached hydrogens (tertiary/aromatic N) is 2. The number of fused-ring (bicyclic) bond motifs is 1. The van der Waals surface area contributed by atoms with Crippen LogP contribution in [0.2, 0.25) is 0 Å². The molecule has 2 aromatic rings. The molecule has 0 saturated carbocycles. The average Bonchev–Trinajstić information content (AvgIpc) is 3.11. The highest BCUT2D eigenvalue weighted by atomic mass is 32.2. The maximum absolute atomic E-state index is 12.6. The Morgan fingerprint density at radius 2 is 2.00 bits per heavy atom. The summed E-state index contributed by atoms with van der Waals surface area (Å²) in [5, 5.41) is 12.2. The van der Waals surface area contributed by atoms with E-state index in [0.29, 0.717) is 11.3 Å². The van der Waals surface area contributed by atoms with Gasteiger partial charge in [0.1, 0.15) is 0 Å². The van der Waals surface area contributed by atoms with Crippen LogP contribution in [-0.4, -0.2) is 41.2 Å². The number of carbonyl (C=O) groups is 2. The molecule has 9 heteroatoms. The Morgan fingerprint density at radius 3 is 2.57 bits per heavy atom. The van der Waals surface area contributed by atoms with Crippen molar-refractivity contribution in [2.24, 2.45) is 5.92 Å². The molecule has 1 aromatic carbocycles. The van der Waals surface area contributed by atoms with E-state index in [1.54, 1.807) is 25.1 Å². The molecule has 3 rings (SSSR count). The Kier molecular flexibility index (Phi) is 6.12. The quantitative estimate of drug-likeness (QED) is 0.726. The summed E-state index contributed by atoms with van der Waals surface area (Å²) in [5.41, 5.74) is 2.74. The SMILES string of the molecule is CCS(=O)(=O)c1ccc(CNC(=O)c2ccc3c(c2)CN(C(=O)O)[C@H]3C(C)C)nc1. The zero-order valence-electron chi connectivity index (χ0n) is 17.1. The number of hydrogen-bond acceptors (Lipinski definition) is 5. The Balaban J connectivity index is 1.70. The van der Waals surface area contributed by atoms with Gasteiger partial charge in [-0.3, -0.25) is 14.7 Å². The number of carboxylic acid groups (broad SMARTS) is 1. The van der Waals surface area contributed by atoms with E-state index in [1.807, 2.05) is 19.9 Å². The van der Waals surface area contributed by atoms with Crippen LogP contribution in [0.5, 0.6) is 0 Å². The fraction of sp³-hybridized carbons (Fsp3) is 0.381. The van der Waals surface area contributed by atoms with Gasteiger partial charge in [-0.05, 0) is 41.3 Å². The molecule has 0 spiro atoms. The molecular formula is C21H25N3O5S. The third kappa shape index (κ3) is 4.30. The van der Waals surface area contributed by atoms with Gasteiger partial charge >= 0.3 is 6.09 Å². The number of sulfone groups is 1. The fourth-order valence-electron chi connectivity index (χ4n) is 3.67. The molecule has 160 valence electrons. The van der Waals surface area contributed by atoms with Crippen molar-refractivity contribution >= 4 is 21.8 Å². The molecule has 8 nitrogen and oxygen atoms in total. The zero-order chi connectivity index (χ0) is 22.1. The van der Waals surface area contributed by atoms with E-state index >= 15 is 0 Å². The highest BCUT2D eigenvalue weighted by Crippen LogP contribution is 2.38. The van der Waals surface area contributed by atoms with Crippen LogP contribution in [0.3, 0.4) is 0 Å². The number of benzene rings is 1. The predicted molar refractivity (Wildman–Crippen MR) is 111 cm³/mol. The number of pyridine rings is 1. The lowest BCUT2D eigenvalue weighted by atomic mass is 9.94. The van der Waals surface area contributed by atoms with Gasteiger partial charge in [0, 0.05) is 11.8 Å². The monoisotopic (exact) mass is 431 g/mol. The molecule has 0 unspecified atom stereocenters. The highest BCUT2D eigenvalue weighted by molar-refractivity contribution is 7.91. The molecule has 30 heavy (non-hydrogen) atoms. The molecule has 1 aliphatic heterocycles. The smallest absolute Gasteiger partial charge is 0.408 e. The van der Waals surface area contributed by atoms with E-state index in [1.165, 1.54) is 17.2 Å². The normalized spacial score (nSPS) is 15.9. The Labute approximate surface area is 175 Å². The molecule has 0 saturated heterocycles. The Hall–Kier alpha value is -2.94. The summed E-state index contributed by atoms with van der Waals surface area (Å²) < 4.78 is 23.7. The Morgan fingerprint density at radius 1 is 1.27 bits per heavy atom. The van der Waals surface area contributed by atoms with Crippen molar-refractivity contribution in [2.45, 2.75) is 44.8 Å². The van der Waals surface area contributed by atoms with Gasteiger partial charge in [-0.1, -0.05) is 26.8 Å². The van der Waals surface area contributed by atoms with E-state index in [4.69, 9.17) is 0 Å². The third-order valence-corrected chi connectivity index (χ3v) is 6.96. The number of aromatic nitrogens is 1. The van der Waals surface area contributed by atoms with Crippen LogP contribution in [0, 0.1) is 5.92 Å². The molecule has 0 fully saturated rings. The van der Waals surface area contributed by atoms with Crippen molar-refractivity contribution in [3.63, 3.8) is 0 Å². The standard InChI is InChI=1S/C21H25N3O5S/c1-4-30(28,29)17-7-6-16(22-11-17)10-23-20(25)14-5-8-18-15(9-14)12-24(21(26)27)19(18)13(2)3/h5-9,11,13,19H,4,10,12H2,1-3H3,(H,23,25)(H,26,27)/t19-/m0/s1. The molecule has 1 atom stereocenters. The lowest BCUT2D eigenvalue weighted by molar-refractivity contribution is 0.0950. The van der Waals surface area contributed by atoms with Crippen LogP contribution in [0.25, 0.3) is 0 Å². The van der Waals surface area contributed by atoms with Gasteiger partial charge in [-0.2, -0.15) is 0 Å². The van der Waals surface area contributed by atoms with Crippen molar-refractivity contribution in [1.82, 2.24) is 15.2 Å². The fourth-order valence-corrected chi connectivity index (χ4v) is 4.49. The van der Waals surface area contributed by atoms with Crippen LogP contribution < -0.4 is 5.32 Å². The summed E-state index contributed by atoms with van der Waals surface area (Å²) in [5.74, 6) is -0.188. The van der Waals surface area contributed by atoms with Gasteiger partial charge in [0.05, 0.1) is 35.5 Å². The lowest BCUT2D eigenvalue weighted by Gasteiger charge is -2.25. The van der Waals surface area contributed by atoms with E-state index in [-0.39, 0.29) is 41.6 Å². The lowest BCUT2D eigenvalue weighted by Crippen LogP contribution is -2.30. The van der Waals surface area contributed by atoms with Crippen LogP contribution in [0.4, 0.5) is 4.79 Å². The minimum Gasteiger partial charge on any atom is -0.465 e. The molecule has 2 amide bonds. The topological polar surface area (TPSA) is 117 Å². The number of nitrogens with one attached hydrogen (secondary N) is 1. The summed E-state index contributed by atoms with van der Waals surface area (Å²) in [6, 6.07) is 8.07. The predicted octanol–water partition coefficient (Wildman–Crippen LogP) is 3.00. The summed E-state index contributed by atoms with van der Waals surface area (Å²) in [6.07, 6.45) is 0.318. The second-order valence-corrected chi connectivity index (χ2v) is 9.86. The number of hydrogen-bond donors (Lipinski definition) is 2. The van der Waals surface area contributed by atoms with Gasteiger partial charge < -0.3 is 10.4 Å². The maximum Gasteiger partial charge on any atom is 0.408 e. The van der Waals surface area contributed by atoms with Crippen LogP contribution in [0.15, 0.2) is 41.4 Å². The van der Waals surface area contributed by atoms with Crippen LogP contribution >= 0.6 is 0 Å². The van der Waals surface area contributed by atoms with Crippen molar-refractivity contribution in [1.29, 1.82) is 0 Å². The summed E-state index contributed by atoms with van der Waals surface area (Å²) in [7, 11) is -3.31. The minimum absolute atomic E-state index is 0.0000640. The molecule has 1 aromatic heterocycles.